The summed E-state index contributed by atoms with van der Waals surface area (Å²) in [4.78, 5) is 11.4. The van der Waals surface area contributed by atoms with Crippen molar-refractivity contribution in [2.75, 3.05) is 19.8 Å². The fraction of sp³-hybridized carbons (Fsp3) is 0.917. The molecule has 16 heavy (non-hydrogen) atoms. The molecule has 0 saturated carbocycles. The molecule has 0 amide bonds. The molecular formula is C12H24O4. The summed E-state index contributed by atoms with van der Waals surface area (Å²) in [5, 5.41) is 0. The predicted molar refractivity (Wildman–Crippen MR) is 62.4 cm³/mol. The Labute approximate surface area is 98.3 Å². The minimum atomic E-state index is -0.469. The van der Waals surface area contributed by atoms with Gasteiger partial charge in [-0.3, -0.25) is 0 Å². The van der Waals surface area contributed by atoms with E-state index in [2.05, 4.69) is 0 Å². The van der Waals surface area contributed by atoms with Crippen LogP contribution in [0.3, 0.4) is 0 Å². The van der Waals surface area contributed by atoms with Crippen molar-refractivity contribution in [3.63, 3.8) is 0 Å². The van der Waals surface area contributed by atoms with Crippen LogP contribution in [0.5, 0.6) is 0 Å². The number of rotatable bonds is 7. The fourth-order valence-electron chi connectivity index (χ4n) is 1.13. The number of esters is 1. The van der Waals surface area contributed by atoms with Gasteiger partial charge in [0.15, 0.2) is 6.10 Å². The Bertz CT molecular complexity index is 196. The van der Waals surface area contributed by atoms with E-state index in [9.17, 15) is 4.79 Å². The minimum absolute atomic E-state index is 0.172. The van der Waals surface area contributed by atoms with E-state index in [0.29, 0.717) is 26.2 Å². The number of hydrogen-bond acceptors (Lipinski definition) is 4. The summed E-state index contributed by atoms with van der Waals surface area (Å²) in [5.41, 5.74) is -0.172. The topological polar surface area (TPSA) is 44.8 Å². The lowest BCUT2D eigenvalue weighted by atomic mass is 10.2. The monoisotopic (exact) mass is 232 g/mol. The maximum Gasteiger partial charge on any atom is 0.335 e. The summed E-state index contributed by atoms with van der Waals surface area (Å²) in [6, 6.07) is 0. The number of carbonyl (C=O) groups is 1. The van der Waals surface area contributed by atoms with Crippen LogP contribution in [0.1, 0.15) is 41.0 Å². The maximum atomic E-state index is 11.4. The van der Waals surface area contributed by atoms with Crippen LogP contribution in [-0.4, -0.2) is 37.5 Å². The van der Waals surface area contributed by atoms with Gasteiger partial charge < -0.3 is 14.2 Å². The summed E-state index contributed by atoms with van der Waals surface area (Å²) in [6.45, 7) is 10.9. The maximum absolute atomic E-state index is 11.4. The van der Waals surface area contributed by atoms with Gasteiger partial charge in [0, 0.05) is 0 Å². The largest absolute Gasteiger partial charge is 0.464 e. The highest BCUT2D eigenvalue weighted by atomic mass is 16.6. The van der Waals surface area contributed by atoms with Crippen LogP contribution in [0.4, 0.5) is 0 Å². The summed E-state index contributed by atoms with van der Waals surface area (Å²) >= 11 is 0. The van der Waals surface area contributed by atoms with E-state index < -0.39 is 6.10 Å². The summed E-state index contributed by atoms with van der Waals surface area (Å²) in [6.07, 6.45) is 0.150. The highest BCUT2D eigenvalue weighted by molar-refractivity contribution is 5.74. The Morgan fingerprint density at radius 3 is 2.25 bits per heavy atom. The first-order valence-electron chi connectivity index (χ1n) is 5.83. The first kappa shape index (κ1) is 15.4. The minimum Gasteiger partial charge on any atom is -0.464 e. The van der Waals surface area contributed by atoms with Crippen molar-refractivity contribution in [2.24, 2.45) is 0 Å². The Morgan fingerprint density at radius 1 is 1.19 bits per heavy atom. The highest BCUT2D eigenvalue weighted by Crippen LogP contribution is 2.07. The Morgan fingerprint density at radius 2 is 1.81 bits per heavy atom. The molecule has 0 saturated heterocycles. The molecule has 0 aliphatic carbocycles. The normalized spacial score (nSPS) is 13.6. The molecule has 1 atom stereocenters. The molecule has 96 valence electrons. The van der Waals surface area contributed by atoms with E-state index in [4.69, 9.17) is 14.2 Å². The van der Waals surface area contributed by atoms with Crippen LogP contribution in [0.2, 0.25) is 0 Å². The van der Waals surface area contributed by atoms with Gasteiger partial charge in [-0.25, -0.2) is 4.79 Å². The molecule has 1 unspecified atom stereocenters. The zero-order chi connectivity index (χ0) is 12.6. The lowest BCUT2D eigenvalue weighted by Crippen LogP contribution is -2.29. The van der Waals surface area contributed by atoms with Gasteiger partial charge in [0.25, 0.3) is 0 Å². The van der Waals surface area contributed by atoms with E-state index in [1.54, 1.807) is 6.92 Å². The molecule has 4 nitrogen and oxygen atoms in total. The first-order valence-corrected chi connectivity index (χ1v) is 5.83. The molecule has 0 bridgehead atoms. The van der Waals surface area contributed by atoms with E-state index in [-0.39, 0.29) is 11.6 Å². The third-order valence-electron chi connectivity index (χ3n) is 1.86. The predicted octanol–water partition coefficient (Wildman–Crippen LogP) is 2.16. The molecule has 0 aromatic heterocycles. The van der Waals surface area contributed by atoms with Crippen LogP contribution in [0.15, 0.2) is 0 Å². The van der Waals surface area contributed by atoms with Gasteiger partial charge in [-0.1, -0.05) is 6.92 Å². The average molecular weight is 232 g/mol. The Balaban J connectivity index is 3.75. The van der Waals surface area contributed by atoms with Crippen molar-refractivity contribution >= 4 is 5.97 Å². The third-order valence-corrected chi connectivity index (χ3v) is 1.86. The van der Waals surface area contributed by atoms with Crippen LogP contribution in [-0.2, 0) is 19.0 Å². The van der Waals surface area contributed by atoms with Crippen LogP contribution < -0.4 is 0 Å². The molecule has 0 fully saturated rings. The summed E-state index contributed by atoms with van der Waals surface area (Å²) in [7, 11) is 0. The third kappa shape index (κ3) is 7.65. The molecule has 0 N–H and O–H groups in total. The van der Waals surface area contributed by atoms with Crippen molar-refractivity contribution in [2.45, 2.75) is 52.7 Å². The van der Waals surface area contributed by atoms with Crippen molar-refractivity contribution < 1.29 is 19.0 Å². The van der Waals surface area contributed by atoms with Crippen molar-refractivity contribution in [3.05, 3.63) is 0 Å². The molecule has 0 rings (SSSR count). The van der Waals surface area contributed by atoms with Gasteiger partial charge in [0.1, 0.15) is 0 Å². The second-order valence-electron chi connectivity index (χ2n) is 4.48. The average Bonchev–Trinajstić information content (AvgIpc) is 2.16. The van der Waals surface area contributed by atoms with E-state index in [1.165, 1.54) is 0 Å². The summed E-state index contributed by atoms with van der Waals surface area (Å²) in [5.74, 6) is -0.291. The SMILES string of the molecule is CCOC(=O)C(CC)OCCOC(C)(C)C. The second kappa shape index (κ2) is 7.63. The molecule has 0 radical (unpaired) electrons. The molecule has 0 heterocycles. The molecular weight excluding hydrogens is 208 g/mol. The molecule has 0 aromatic rings. The number of carbonyl (C=O) groups excluding carboxylic acids is 1. The number of hydrogen-bond donors (Lipinski definition) is 0. The zero-order valence-corrected chi connectivity index (χ0v) is 11.0. The van der Waals surface area contributed by atoms with Crippen LogP contribution >= 0.6 is 0 Å². The van der Waals surface area contributed by atoms with Crippen molar-refractivity contribution in [3.8, 4) is 0 Å². The Kier molecular flexibility index (Phi) is 7.34. The van der Waals surface area contributed by atoms with E-state index >= 15 is 0 Å². The standard InChI is InChI=1S/C12H24O4/c1-6-10(11(13)14-7-2)15-8-9-16-12(3,4)5/h10H,6-9H2,1-5H3. The lowest BCUT2D eigenvalue weighted by molar-refractivity contribution is -0.158. The molecule has 4 heteroatoms. The van der Waals surface area contributed by atoms with Gasteiger partial charge in [0.05, 0.1) is 25.4 Å². The molecule has 0 spiro atoms. The molecule has 0 aliphatic heterocycles. The van der Waals surface area contributed by atoms with Crippen LogP contribution in [0, 0.1) is 0 Å². The van der Waals surface area contributed by atoms with E-state index in [1.807, 2.05) is 27.7 Å². The van der Waals surface area contributed by atoms with Gasteiger partial charge in [-0.05, 0) is 34.1 Å². The van der Waals surface area contributed by atoms with Gasteiger partial charge >= 0.3 is 5.97 Å². The molecule has 0 aromatic carbocycles. The molecule has 0 aliphatic rings. The van der Waals surface area contributed by atoms with Crippen LogP contribution in [0.25, 0.3) is 0 Å². The van der Waals surface area contributed by atoms with Gasteiger partial charge in [-0.2, -0.15) is 0 Å². The number of ether oxygens (including phenoxy) is 3. The van der Waals surface area contributed by atoms with Crippen molar-refractivity contribution in [1.82, 2.24) is 0 Å². The second-order valence-corrected chi connectivity index (χ2v) is 4.48. The lowest BCUT2D eigenvalue weighted by Gasteiger charge is -2.20. The van der Waals surface area contributed by atoms with Crippen molar-refractivity contribution in [1.29, 1.82) is 0 Å². The Hall–Kier alpha value is -0.610. The van der Waals surface area contributed by atoms with Gasteiger partial charge in [0.2, 0.25) is 0 Å². The first-order chi connectivity index (χ1) is 7.40. The van der Waals surface area contributed by atoms with Gasteiger partial charge in [-0.15, -0.1) is 0 Å². The smallest absolute Gasteiger partial charge is 0.335 e. The zero-order valence-electron chi connectivity index (χ0n) is 11.0. The highest BCUT2D eigenvalue weighted by Gasteiger charge is 2.18. The summed E-state index contributed by atoms with van der Waals surface area (Å²) < 4.78 is 15.8. The van der Waals surface area contributed by atoms with E-state index in [0.717, 1.165) is 0 Å². The fourth-order valence-corrected chi connectivity index (χ4v) is 1.13. The quantitative estimate of drug-likeness (QED) is 0.498.